The van der Waals surface area contributed by atoms with Gasteiger partial charge in [-0.25, -0.2) is 5.43 Å². The van der Waals surface area contributed by atoms with E-state index in [-0.39, 0.29) is 5.75 Å². The van der Waals surface area contributed by atoms with Crippen LogP contribution in [-0.4, -0.2) is 34.0 Å². The SMILES string of the molecule is CCc1ccc(-c2cc(C(=O)N/N=C(\C)c3ccc(O)c(OC)c3)[nH]n2)cc1. The Bertz CT molecular complexity index is 1010. The average Bonchev–Trinajstić information content (AvgIpc) is 3.22. The van der Waals surface area contributed by atoms with Crippen molar-refractivity contribution in [2.75, 3.05) is 7.11 Å². The minimum Gasteiger partial charge on any atom is -0.504 e. The van der Waals surface area contributed by atoms with Crippen LogP contribution in [0.15, 0.2) is 53.6 Å². The van der Waals surface area contributed by atoms with Crippen molar-refractivity contribution in [3.8, 4) is 22.8 Å². The Morgan fingerprint density at radius 3 is 2.64 bits per heavy atom. The molecule has 0 saturated carbocycles. The highest BCUT2D eigenvalue weighted by atomic mass is 16.5. The monoisotopic (exact) mass is 378 g/mol. The number of methoxy groups -OCH3 is 1. The van der Waals surface area contributed by atoms with E-state index in [4.69, 9.17) is 4.74 Å². The van der Waals surface area contributed by atoms with Gasteiger partial charge >= 0.3 is 0 Å². The first-order valence-corrected chi connectivity index (χ1v) is 8.88. The molecule has 0 fully saturated rings. The number of aromatic amines is 1. The van der Waals surface area contributed by atoms with E-state index in [1.54, 1.807) is 25.1 Å². The van der Waals surface area contributed by atoms with Crippen molar-refractivity contribution < 1.29 is 14.6 Å². The smallest absolute Gasteiger partial charge is 0.289 e. The number of nitrogens with zero attached hydrogens (tertiary/aromatic N) is 2. The van der Waals surface area contributed by atoms with Crippen LogP contribution >= 0.6 is 0 Å². The van der Waals surface area contributed by atoms with Gasteiger partial charge in [-0.3, -0.25) is 9.89 Å². The fourth-order valence-electron chi connectivity index (χ4n) is 2.66. The number of carbonyl (C=O) groups is 1. The van der Waals surface area contributed by atoms with Gasteiger partial charge < -0.3 is 9.84 Å². The molecular formula is C21H22N4O3. The number of hydrogen-bond donors (Lipinski definition) is 3. The van der Waals surface area contributed by atoms with E-state index in [0.29, 0.717) is 22.8 Å². The minimum absolute atomic E-state index is 0.0417. The Morgan fingerprint density at radius 2 is 1.96 bits per heavy atom. The lowest BCUT2D eigenvalue weighted by Gasteiger charge is -2.06. The Hall–Kier alpha value is -3.61. The summed E-state index contributed by atoms with van der Waals surface area (Å²) in [4.78, 5) is 12.3. The summed E-state index contributed by atoms with van der Waals surface area (Å²) in [5.74, 6) is -0.0141. The summed E-state index contributed by atoms with van der Waals surface area (Å²) >= 11 is 0. The average molecular weight is 378 g/mol. The lowest BCUT2D eigenvalue weighted by molar-refractivity contribution is 0.0950. The first-order chi connectivity index (χ1) is 13.5. The number of phenolic OH excluding ortho intramolecular Hbond substituents is 1. The maximum atomic E-state index is 12.3. The molecule has 2 aromatic carbocycles. The molecule has 0 saturated heterocycles. The van der Waals surface area contributed by atoms with Crippen LogP contribution in [-0.2, 0) is 6.42 Å². The van der Waals surface area contributed by atoms with Gasteiger partial charge in [-0.05, 0) is 43.2 Å². The first kappa shape index (κ1) is 19.2. The fraction of sp³-hybridized carbons (Fsp3) is 0.190. The van der Waals surface area contributed by atoms with Crippen LogP contribution < -0.4 is 10.2 Å². The zero-order chi connectivity index (χ0) is 20.1. The quantitative estimate of drug-likeness (QED) is 0.451. The van der Waals surface area contributed by atoms with Crippen LogP contribution in [0.3, 0.4) is 0 Å². The predicted molar refractivity (Wildman–Crippen MR) is 108 cm³/mol. The van der Waals surface area contributed by atoms with E-state index in [0.717, 1.165) is 17.5 Å². The summed E-state index contributed by atoms with van der Waals surface area (Å²) in [7, 11) is 1.47. The standard InChI is InChI=1S/C21H22N4O3/c1-4-14-5-7-15(8-6-14)17-12-18(24-23-17)21(27)25-22-13(2)16-9-10-19(26)20(11-16)28-3/h5-12,26H,4H2,1-3H3,(H,23,24)(H,25,27)/b22-13+. The van der Waals surface area contributed by atoms with Crippen molar-refractivity contribution in [1.29, 1.82) is 0 Å². The van der Waals surface area contributed by atoms with Gasteiger partial charge in [0.05, 0.1) is 18.5 Å². The van der Waals surface area contributed by atoms with E-state index < -0.39 is 5.91 Å². The van der Waals surface area contributed by atoms with Crippen molar-refractivity contribution in [2.45, 2.75) is 20.3 Å². The summed E-state index contributed by atoms with van der Waals surface area (Å²) in [6, 6.07) is 14.6. The molecule has 7 heteroatoms. The highest BCUT2D eigenvalue weighted by Crippen LogP contribution is 2.26. The van der Waals surface area contributed by atoms with Gasteiger partial charge in [0.2, 0.25) is 0 Å². The Labute approximate surface area is 163 Å². The lowest BCUT2D eigenvalue weighted by Crippen LogP contribution is -2.19. The first-order valence-electron chi connectivity index (χ1n) is 8.88. The van der Waals surface area contributed by atoms with Crippen LogP contribution in [0.5, 0.6) is 11.5 Å². The third kappa shape index (κ3) is 4.20. The molecule has 0 bridgehead atoms. The van der Waals surface area contributed by atoms with E-state index in [1.807, 2.05) is 24.3 Å². The maximum absolute atomic E-state index is 12.3. The summed E-state index contributed by atoms with van der Waals surface area (Å²) in [5, 5.41) is 20.7. The number of carbonyl (C=O) groups excluding carboxylic acids is 1. The Balaban J connectivity index is 1.71. The Morgan fingerprint density at radius 1 is 1.21 bits per heavy atom. The molecule has 0 aliphatic carbocycles. The highest BCUT2D eigenvalue weighted by Gasteiger charge is 2.11. The highest BCUT2D eigenvalue weighted by molar-refractivity contribution is 6.01. The van der Waals surface area contributed by atoms with Crippen molar-refractivity contribution in [3.63, 3.8) is 0 Å². The van der Waals surface area contributed by atoms with Gasteiger partial charge in [0.25, 0.3) is 5.91 Å². The van der Waals surface area contributed by atoms with Crippen LogP contribution in [0.4, 0.5) is 0 Å². The molecule has 0 atom stereocenters. The molecular weight excluding hydrogens is 356 g/mol. The van der Waals surface area contributed by atoms with Gasteiger partial charge in [-0.2, -0.15) is 10.2 Å². The van der Waals surface area contributed by atoms with E-state index in [1.165, 1.54) is 18.7 Å². The third-order valence-electron chi connectivity index (χ3n) is 4.40. The number of hydrazone groups is 1. The van der Waals surface area contributed by atoms with Crippen molar-refractivity contribution in [3.05, 3.63) is 65.4 Å². The summed E-state index contributed by atoms with van der Waals surface area (Å²) in [6.45, 7) is 3.85. The number of amides is 1. The van der Waals surface area contributed by atoms with Gasteiger partial charge in [0.15, 0.2) is 11.5 Å². The van der Waals surface area contributed by atoms with Crippen LogP contribution in [0.25, 0.3) is 11.3 Å². The number of aryl methyl sites for hydroxylation is 1. The third-order valence-corrected chi connectivity index (χ3v) is 4.40. The summed E-state index contributed by atoms with van der Waals surface area (Å²) in [5.41, 5.74) is 6.98. The van der Waals surface area contributed by atoms with Crippen LogP contribution in [0, 0.1) is 0 Å². The second-order valence-corrected chi connectivity index (χ2v) is 6.24. The maximum Gasteiger partial charge on any atom is 0.289 e. The molecule has 28 heavy (non-hydrogen) atoms. The van der Waals surface area contributed by atoms with Crippen LogP contribution in [0.1, 0.15) is 35.5 Å². The van der Waals surface area contributed by atoms with E-state index in [9.17, 15) is 9.90 Å². The largest absolute Gasteiger partial charge is 0.504 e. The number of nitrogens with one attached hydrogen (secondary N) is 2. The number of aromatic nitrogens is 2. The van der Waals surface area contributed by atoms with Crippen LogP contribution in [0.2, 0.25) is 0 Å². The molecule has 0 spiro atoms. The molecule has 3 N–H and O–H groups in total. The van der Waals surface area contributed by atoms with Gasteiger partial charge in [-0.1, -0.05) is 31.2 Å². The molecule has 0 unspecified atom stereocenters. The second kappa shape index (κ2) is 8.39. The number of aromatic hydroxyl groups is 1. The lowest BCUT2D eigenvalue weighted by atomic mass is 10.1. The molecule has 7 nitrogen and oxygen atoms in total. The molecule has 3 rings (SSSR count). The summed E-state index contributed by atoms with van der Waals surface area (Å²) < 4.78 is 5.08. The number of hydrogen-bond acceptors (Lipinski definition) is 5. The van der Waals surface area contributed by atoms with Gasteiger partial charge in [0, 0.05) is 11.1 Å². The number of rotatable bonds is 6. The number of phenols is 1. The molecule has 0 radical (unpaired) electrons. The van der Waals surface area contributed by atoms with Gasteiger partial charge in [0.1, 0.15) is 5.69 Å². The normalized spacial score (nSPS) is 11.3. The minimum atomic E-state index is -0.394. The van der Waals surface area contributed by atoms with Crippen molar-refractivity contribution in [2.24, 2.45) is 5.10 Å². The molecule has 3 aromatic rings. The molecule has 1 heterocycles. The Kier molecular flexibility index (Phi) is 5.74. The van der Waals surface area contributed by atoms with Gasteiger partial charge in [-0.15, -0.1) is 0 Å². The molecule has 144 valence electrons. The fourth-order valence-corrected chi connectivity index (χ4v) is 2.66. The summed E-state index contributed by atoms with van der Waals surface area (Å²) in [6.07, 6.45) is 0.971. The molecule has 0 aliphatic heterocycles. The topological polar surface area (TPSA) is 99.6 Å². The molecule has 0 aliphatic rings. The van der Waals surface area contributed by atoms with Crippen molar-refractivity contribution >= 4 is 11.6 Å². The zero-order valence-electron chi connectivity index (χ0n) is 16.0. The predicted octanol–water partition coefficient (Wildman–Crippen LogP) is 3.51. The second-order valence-electron chi connectivity index (χ2n) is 6.24. The molecule has 1 amide bonds. The van der Waals surface area contributed by atoms with E-state index in [2.05, 4.69) is 27.6 Å². The number of benzene rings is 2. The molecule has 1 aromatic heterocycles. The number of ether oxygens (including phenoxy) is 1. The van der Waals surface area contributed by atoms with E-state index >= 15 is 0 Å². The van der Waals surface area contributed by atoms with Crippen molar-refractivity contribution in [1.82, 2.24) is 15.6 Å². The number of H-pyrrole nitrogens is 1. The zero-order valence-corrected chi connectivity index (χ0v) is 16.0.